The van der Waals surface area contributed by atoms with Gasteiger partial charge in [-0.15, -0.1) is 0 Å². The molecule has 2 aromatic rings. The summed E-state index contributed by atoms with van der Waals surface area (Å²) < 4.78 is 5.95. The first-order valence-corrected chi connectivity index (χ1v) is 7.72. The number of likely N-dealkylation sites (tertiary alicyclic amines) is 1. The molecule has 0 saturated carbocycles. The molecule has 1 aliphatic rings. The zero-order chi connectivity index (χ0) is 14.7. The summed E-state index contributed by atoms with van der Waals surface area (Å²) in [5.41, 5.74) is 0. The Kier molecular flexibility index (Phi) is 4.09. The van der Waals surface area contributed by atoms with Gasteiger partial charge >= 0.3 is 0 Å². The molecular formula is C18H21NO2. The molecule has 3 nitrogen and oxygen atoms in total. The first kappa shape index (κ1) is 13.9. The van der Waals surface area contributed by atoms with E-state index in [9.17, 15) is 4.79 Å². The van der Waals surface area contributed by atoms with Crippen LogP contribution in [0.15, 0.2) is 42.5 Å². The molecule has 0 radical (unpaired) electrons. The number of nitrogens with zero attached hydrogens (tertiary/aromatic N) is 1. The number of rotatable bonds is 4. The van der Waals surface area contributed by atoms with Crippen LogP contribution in [0.25, 0.3) is 10.8 Å². The average Bonchev–Trinajstić information content (AvgIpc) is 3.06. The van der Waals surface area contributed by atoms with Crippen molar-refractivity contribution in [1.29, 1.82) is 0 Å². The summed E-state index contributed by atoms with van der Waals surface area (Å²) in [6.45, 7) is 3.74. The predicted molar refractivity (Wildman–Crippen MR) is 84.5 cm³/mol. The third kappa shape index (κ3) is 3.02. The fourth-order valence-corrected chi connectivity index (χ4v) is 2.85. The van der Waals surface area contributed by atoms with Gasteiger partial charge in [-0.05, 0) is 42.2 Å². The molecule has 0 aromatic heterocycles. The van der Waals surface area contributed by atoms with Crippen LogP contribution in [0.3, 0.4) is 0 Å². The molecule has 110 valence electrons. The summed E-state index contributed by atoms with van der Waals surface area (Å²) in [5, 5.41) is 2.32. The minimum Gasteiger partial charge on any atom is -0.481 e. The van der Waals surface area contributed by atoms with Gasteiger partial charge in [0, 0.05) is 13.1 Å². The highest BCUT2D eigenvalue weighted by Crippen LogP contribution is 2.23. The zero-order valence-corrected chi connectivity index (χ0v) is 12.4. The molecule has 21 heavy (non-hydrogen) atoms. The smallest absolute Gasteiger partial charge is 0.263 e. The van der Waals surface area contributed by atoms with Crippen LogP contribution in [-0.4, -0.2) is 30.0 Å². The van der Waals surface area contributed by atoms with Crippen LogP contribution < -0.4 is 4.74 Å². The number of hydrogen-bond donors (Lipinski definition) is 0. The van der Waals surface area contributed by atoms with Gasteiger partial charge in [-0.2, -0.15) is 0 Å². The molecule has 0 unspecified atom stereocenters. The summed E-state index contributed by atoms with van der Waals surface area (Å²) in [5.74, 6) is 0.899. The lowest BCUT2D eigenvalue weighted by Crippen LogP contribution is -2.40. The molecule has 1 aliphatic heterocycles. The lowest BCUT2D eigenvalue weighted by atomic mass is 10.1. The minimum absolute atomic E-state index is 0.128. The highest BCUT2D eigenvalue weighted by molar-refractivity contribution is 5.84. The van der Waals surface area contributed by atoms with Gasteiger partial charge in [0.15, 0.2) is 6.10 Å². The standard InChI is InChI=1S/C18H21NO2/c1-2-17(18(20)19-11-5-6-12-19)21-16-10-9-14-7-3-4-8-15(14)13-16/h3-4,7-10,13,17H,2,5-6,11-12H2,1H3/t17-/m0/s1. The van der Waals surface area contributed by atoms with Crippen molar-refractivity contribution < 1.29 is 9.53 Å². The molecule has 1 amide bonds. The van der Waals surface area contributed by atoms with E-state index in [0.717, 1.165) is 37.1 Å². The second-order valence-electron chi connectivity index (χ2n) is 5.56. The molecule has 3 heteroatoms. The molecule has 0 bridgehead atoms. The van der Waals surface area contributed by atoms with E-state index in [1.54, 1.807) is 0 Å². The first-order chi connectivity index (χ1) is 10.3. The Bertz CT molecular complexity index is 632. The van der Waals surface area contributed by atoms with Gasteiger partial charge in [-0.25, -0.2) is 0 Å². The van der Waals surface area contributed by atoms with E-state index in [2.05, 4.69) is 12.1 Å². The summed E-state index contributed by atoms with van der Waals surface area (Å²) in [4.78, 5) is 14.4. The number of hydrogen-bond acceptors (Lipinski definition) is 2. The van der Waals surface area contributed by atoms with E-state index in [1.165, 1.54) is 5.39 Å². The van der Waals surface area contributed by atoms with Crippen LogP contribution in [0.5, 0.6) is 5.75 Å². The first-order valence-electron chi connectivity index (χ1n) is 7.72. The van der Waals surface area contributed by atoms with Crippen molar-refractivity contribution in [2.45, 2.75) is 32.3 Å². The maximum absolute atomic E-state index is 12.4. The van der Waals surface area contributed by atoms with E-state index >= 15 is 0 Å². The highest BCUT2D eigenvalue weighted by atomic mass is 16.5. The van der Waals surface area contributed by atoms with Gasteiger partial charge in [0.05, 0.1) is 0 Å². The third-order valence-electron chi connectivity index (χ3n) is 4.06. The molecule has 3 rings (SSSR count). The summed E-state index contributed by atoms with van der Waals surface area (Å²) in [7, 11) is 0. The monoisotopic (exact) mass is 283 g/mol. The van der Waals surface area contributed by atoms with Gasteiger partial charge in [0.2, 0.25) is 0 Å². The van der Waals surface area contributed by atoms with Crippen molar-refractivity contribution in [2.75, 3.05) is 13.1 Å². The SMILES string of the molecule is CC[C@H](Oc1ccc2ccccc2c1)C(=O)N1CCCC1. The third-order valence-corrected chi connectivity index (χ3v) is 4.06. The molecule has 0 N–H and O–H groups in total. The topological polar surface area (TPSA) is 29.5 Å². The van der Waals surface area contributed by atoms with Crippen LogP contribution in [0.4, 0.5) is 0 Å². The number of benzene rings is 2. The van der Waals surface area contributed by atoms with Gasteiger partial charge < -0.3 is 9.64 Å². The Morgan fingerprint density at radius 3 is 2.57 bits per heavy atom. The largest absolute Gasteiger partial charge is 0.481 e. The second kappa shape index (κ2) is 6.17. The molecule has 1 saturated heterocycles. The van der Waals surface area contributed by atoms with Gasteiger partial charge in [-0.1, -0.05) is 37.3 Å². The lowest BCUT2D eigenvalue weighted by Gasteiger charge is -2.23. The molecule has 1 fully saturated rings. The molecule has 0 aliphatic carbocycles. The fraction of sp³-hybridized carbons (Fsp3) is 0.389. The van der Waals surface area contributed by atoms with Crippen molar-refractivity contribution in [2.24, 2.45) is 0 Å². The maximum Gasteiger partial charge on any atom is 0.263 e. The Morgan fingerprint density at radius 2 is 1.86 bits per heavy atom. The number of carbonyl (C=O) groups is 1. The molecular weight excluding hydrogens is 262 g/mol. The van der Waals surface area contributed by atoms with E-state index in [1.807, 2.05) is 42.2 Å². The van der Waals surface area contributed by atoms with Gasteiger partial charge in [0.25, 0.3) is 5.91 Å². The van der Waals surface area contributed by atoms with Crippen molar-refractivity contribution in [3.63, 3.8) is 0 Å². The zero-order valence-electron chi connectivity index (χ0n) is 12.4. The minimum atomic E-state index is -0.371. The van der Waals surface area contributed by atoms with Crippen LogP contribution >= 0.6 is 0 Å². The van der Waals surface area contributed by atoms with Crippen molar-refractivity contribution >= 4 is 16.7 Å². The molecule has 2 aromatic carbocycles. The van der Waals surface area contributed by atoms with Crippen LogP contribution in [0.1, 0.15) is 26.2 Å². The number of amides is 1. The Morgan fingerprint density at radius 1 is 1.14 bits per heavy atom. The number of carbonyl (C=O) groups excluding carboxylic acids is 1. The van der Waals surface area contributed by atoms with Gasteiger partial charge in [0.1, 0.15) is 5.75 Å². The highest BCUT2D eigenvalue weighted by Gasteiger charge is 2.26. The van der Waals surface area contributed by atoms with E-state index < -0.39 is 0 Å². The normalized spacial score (nSPS) is 16.1. The summed E-state index contributed by atoms with van der Waals surface area (Å²) >= 11 is 0. The van der Waals surface area contributed by atoms with Crippen LogP contribution in [-0.2, 0) is 4.79 Å². The molecule has 0 spiro atoms. The molecule has 1 atom stereocenters. The fourth-order valence-electron chi connectivity index (χ4n) is 2.85. The second-order valence-corrected chi connectivity index (χ2v) is 5.56. The molecule has 1 heterocycles. The quantitative estimate of drug-likeness (QED) is 0.857. The van der Waals surface area contributed by atoms with Crippen molar-refractivity contribution in [3.05, 3.63) is 42.5 Å². The summed E-state index contributed by atoms with van der Waals surface area (Å²) in [6.07, 6.45) is 2.54. The maximum atomic E-state index is 12.4. The van der Waals surface area contributed by atoms with E-state index in [0.29, 0.717) is 6.42 Å². The van der Waals surface area contributed by atoms with Crippen LogP contribution in [0.2, 0.25) is 0 Å². The Hall–Kier alpha value is -2.03. The van der Waals surface area contributed by atoms with Crippen LogP contribution in [0, 0.1) is 0 Å². The van der Waals surface area contributed by atoms with Crippen molar-refractivity contribution in [1.82, 2.24) is 4.90 Å². The Balaban J connectivity index is 1.76. The average molecular weight is 283 g/mol. The Labute approximate surface area is 125 Å². The van der Waals surface area contributed by atoms with Gasteiger partial charge in [-0.3, -0.25) is 4.79 Å². The number of ether oxygens (including phenoxy) is 1. The number of fused-ring (bicyclic) bond motifs is 1. The predicted octanol–water partition coefficient (Wildman–Crippen LogP) is 3.62. The van der Waals surface area contributed by atoms with E-state index in [4.69, 9.17) is 4.74 Å². The summed E-state index contributed by atoms with van der Waals surface area (Å²) in [6, 6.07) is 14.2. The lowest BCUT2D eigenvalue weighted by molar-refractivity contribution is -0.137. The van der Waals surface area contributed by atoms with E-state index in [-0.39, 0.29) is 12.0 Å². The van der Waals surface area contributed by atoms with Crippen molar-refractivity contribution in [3.8, 4) is 5.75 Å².